The number of aryl methyl sites for hydroxylation is 1. The Balaban J connectivity index is 1.78. The summed E-state index contributed by atoms with van der Waals surface area (Å²) >= 11 is 0. The molecule has 3 N–H and O–H groups in total. The van der Waals surface area contributed by atoms with Crippen LogP contribution in [0.15, 0.2) is 70.4 Å². The van der Waals surface area contributed by atoms with E-state index in [1.54, 1.807) is 0 Å². The predicted molar refractivity (Wildman–Crippen MR) is 105 cm³/mol. The van der Waals surface area contributed by atoms with E-state index >= 15 is 0 Å². The molecule has 1 amide bonds. The zero-order valence-corrected chi connectivity index (χ0v) is 15.8. The van der Waals surface area contributed by atoms with Gasteiger partial charge >= 0.3 is 0 Å². The van der Waals surface area contributed by atoms with Crippen LogP contribution in [0.2, 0.25) is 0 Å². The number of nitrogens with one attached hydrogen (secondary N) is 1. The summed E-state index contributed by atoms with van der Waals surface area (Å²) < 4.78 is 23.8. The number of hydrogen-bond acceptors (Lipinski definition) is 5. The van der Waals surface area contributed by atoms with Crippen LogP contribution >= 0.6 is 0 Å². The monoisotopic (exact) mass is 398 g/mol. The molecule has 0 radical (unpaired) electrons. The number of sulfonamides is 1. The molecule has 28 heavy (non-hydrogen) atoms. The first-order valence-corrected chi connectivity index (χ1v) is 9.85. The number of nitrogens with zero attached hydrogens (tertiary/aromatic N) is 2. The first-order valence-electron chi connectivity index (χ1n) is 8.30. The number of hydrogen-bond donors (Lipinski definition) is 2. The summed E-state index contributed by atoms with van der Waals surface area (Å²) in [6.07, 6.45) is 0. The van der Waals surface area contributed by atoms with Crippen molar-refractivity contribution in [1.29, 1.82) is 0 Å². The second kappa shape index (κ2) is 7.75. The Morgan fingerprint density at radius 1 is 1.04 bits per heavy atom. The third-order valence-corrected chi connectivity index (χ3v) is 4.92. The van der Waals surface area contributed by atoms with Crippen LogP contribution in [-0.4, -0.2) is 24.1 Å². The fraction of sp³-hybridized carbons (Fsp3) is 0.105. The van der Waals surface area contributed by atoms with Gasteiger partial charge in [0.25, 0.3) is 11.5 Å². The van der Waals surface area contributed by atoms with Gasteiger partial charge in [0.05, 0.1) is 11.4 Å². The number of anilines is 1. The van der Waals surface area contributed by atoms with Crippen molar-refractivity contribution in [2.24, 2.45) is 5.14 Å². The van der Waals surface area contributed by atoms with Crippen LogP contribution in [0.4, 0.5) is 5.69 Å². The first-order chi connectivity index (χ1) is 13.2. The van der Waals surface area contributed by atoms with Crippen molar-refractivity contribution in [2.75, 3.05) is 5.32 Å². The van der Waals surface area contributed by atoms with Crippen LogP contribution < -0.4 is 16.0 Å². The molecular weight excluding hydrogens is 380 g/mol. The van der Waals surface area contributed by atoms with E-state index in [0.717, 1.165) is 11.1 Å². The molecule has 0 unspecified atom stereocenters. The minimum absolute atomic E-state index is 0.0576. The van der Waals surface area contributed by atoms with E-state index in [-0.39, 0.29) is 22.7 Å². The lowest BCUT2D eigenvalue weighted by atomic mass is 10.1. The summed E-state index contributed by atoms with van der Waals surface area (Å²) in [6.45, 7) is 2.21. The number of carbonyl (C=O) groups excluding carboxylic acids is 1. The summed E-state index contributed by atoms with van der Waals surface area (Å²) in [5, 5.41) is 11.8. The number of primary sulfonamides is 1. The third kappa shape index (κ3) is 4.70. The van der Waals surface area contributed by atoms with Gasteiger partial charge in [-0.25, -0.2) is 18.2 Å². The lowest BCUT2D eigenvalue weighted by Gasteiger charge is -2.09. The fourth-order valence-electron chi connectivity index (χ4n) is 2.47. The maximum absolute atomic E-state index is 12.4. The second-order valence-corrected chi connectivity index (χ2v) is 7.78. The molecule has 3 aromatic rings. The van der Waals surface area contributed by atoms with Crippen molar-refractivity contribution in [3.8, 4) is 0 Å². The van der Waals surface area contributed by atoms with Gasteiger partial charge in [-0.15, -0.1) is 0 Å². The number of benzene rings is 2. The van der Waals surface area contributed by atoms with Gasteiger partial charge in [-0.1, -0.05) is 29.8 Å². The Morgan fingerprint density at radius 2 is 1.68 bits per heavy atom. The Hall–Kier alpha value is -3.30. The average Bonchev–Trinajstić information content (AvgIpc) is 2.65. The predicted octanol–water partition coefficient (Wildman–Crippen LogP) is 1.50. The summed E-state index contributed by atoms with van der Waals surface area (Å²) in [5.41, 5.74) is 2.09. The van der Waals surface area contributed by atoms with Gasteiger partial charge in [-0.05, 0) is 42.8 Å². The molecule has 0 saturated heterocycles. The largest absolute Gasteiger partial charge is 0.321 e. The molecule has 0 fully saturated rings. The van der Waals surface area contributed by atoms with E-state index in [1.807, 2.05) is 31.2 Å². The molecule has 0 aliphatic rings. The lowest BCUT2D eigenvalue weighted by molar-refractivity contribution is 0.102. The lowest BCUT2D eigenvalue weighted by Crippen LogP contribution is -2.26. The molecule has 0 aliphatic carbocycles. The maximum atomic E-state index is 12.4. The minimum atomic E-state index is -3.81. The number of aromatic nitrogens is 2. The van der Waals surface area contributed by atoms with Crippen LogP contribution in [0.5, 0.6) is 0 Å². The van der Waals surface area contributed by atoms with E-state index in [1.165, 1.54) is 41.1 Å². The quantitative estimate of drug-likeness (QED) is 0.674. The highest BCUT2D eigenvalue weighted by molar-refractivity contribution is 7.89. The van der Waals surface area contributed by atoms with E-state index in [9.17, 15) is 18.0 Å². The second-order valence-electron chi connectivity index (χ2n) is 6.22. The van der Waals surface area contributed by atoms with Crippen LogP contribution in [0.25, 0.3) is 0 Å². The van der Waals surface area contributed by atoms with E-state index in [0.29, 0.717) is 5.69 Å². The molecule has 144 valence electrons. The van der Waals surface area contributed by atoms with Gasteiger partial charge in [0.1, 0.15) is 5.69 Å². The topological polar surface area (TPSA) is 124 Å². The number of amides is 1. The number of rotatable bonds is 5. The number of carbonyl (C=O) groups is 1. The SMILES string of the molecule is Cc1ccc(Cn2nc(C(=O)Nc3ccc(S(N)(=O)=O)cc3)ccc2=O)cc1. The first kappa shape index (κ1) is 19.5. The summed E-state index contributed by atoms with van der Waals surface area (Å²) in [6, 6.07) is 15.7. The average molecular weight is 398 g/mol. The van der Waals surface area contributed by atoms with Crippen LogP contribution in [0.1, 0.15) is 21.6 Å². The third-order valence-electron chi connectivity index (χ3n) is 3.99. The Bertz CT molecular complexity index is 1170. The van der Waals surface area contributed by atoms with Gasteiger partial charge in [0, 0.05) is 11.8 Å². The molecule has 0 atom stereocenters. The Morgan fingerprint density at radius 3 is 2.29 bits per heavy atom. The van der Waals surface area contributed by atoms with Gasteiger partial charge in [0.2, 0.25) is 10.0 Å². The minimum Gasteiger partial charge on any atom is -0.321 e. The molecule has 0 aliphatic heterocycles. The van der Waals surface area contributed by atoms with Crippen molar-refractivity contribution in [2.45, 2.75) is 18.4 Å². The van der Waals surface area contributed by atoms with Crippen molar-refractivity contribution < 1.29 is 13.2 Å². The Labute approximate surface area is 161 Å². The standard InChI is InChI=1S/C19H18N4O4S/c1-13-2-4-14(5-3-13)12-23-18(24)11-10-17(22-23)19(25)21-15-6-8-16(9-7-15)28(20,26)27/h2-11H,12H2,1H3,(H,21,25)(H2,20,26,27). The molecule has 8 nitrogen and oxygen atoms in total. The van der Waals surface area contributed by atoms with Crippen LogP contribution in [0, 0.1) is 6.92 Å². The van der Waals surface area contributed by atoms with E-state index < -0.39 is 15.9 Å². The number of nitrogens with two attached hydrogens (primary N) is 1. The highest BCUT2D eigenvalue weighted by atomic mass is 32.2. The molecule has 3 rings (SSSR count). The van der Waals surface area contributed by atoms with Crippen molar-refractivity contribution in [3.63, 3.8) is 0 Å². The highest BCUT2D eigenvalue weighted by Crippen LogP contribution is 2.13. The molecule has 0 spiro atoms. The van der Waals surface area contributed by atoms with Crippen LogP contribution in [-0.2, 0) is 16.6 Å². The molecule has 1 aromatic heterocycles. The fourth-order valence-corrected chi connectivity index (χ4v) is 2.99. The van der Waals surface area contributed by atoms with Crippen molar-refractivity contribution >= 4 is 21.6 Å². The molecule has 9 heteroatoms. The molecule has 0 bridgehead atoms. The van der Waals surface area contributed by atoms with Gasteiger partial charge in [-0.3, -0.25) is 9.59 Å². The van der Waals surface area contributed by atoms with E-state index in [4.69, 9.17) is 5.14 Å². The highest BCUT2D eigenvalue weighted by Gasteiger charge is 2.12. The smallest absolute Gasteiger partial charge is 0.276 e. The molecule has 2 aromatic carbocycles. The zero-order valence-electron chi connectivity index (χ0n) is 15.0. The van der Waals surface area contributed by atoms with Gasteiger partial charge < -0.3 is 5.32 Å². The van der Waals surface area contributed by atoms with Crippen molar-refractivity contribution in [1.82, 2.24) is 9.78 Å². The normalized spacial score (nSPS) is 11.2. The molecule has 1 heterocycles. The summed E-state index contributed by atoms with van der Waals surface area (Å²) in [5.74, 6) is -0.527. The van der Waals surface area contributed by atoms with Gasteiger partial charge in [-0.2, -0.15) is 5.10 Å². The Kier molecular flexibility index (Phi) is 5.39. The zero-order chi connectivity index (χ0) is 20.3. The molecular formula is C19H18N4O4S. The van der Waals surface area contributed by atoms with E-state index in [2.05, 4.69) is 10.4 Å². The van der Waals surface area contributed by atoms with Crippen molar-refractivity contribution in [3.05, 3.63) is 87.8 Å². The summed E-state index contributed by atoms with van der Waals surface area (Å²) in [7, 11) is -3.81. The molecule has 0 saturated carbocycles. The van der Waals surface area contributed by atoms with Gasteiger partial charge in [0.15, 0.2) is 0 Å². The summed E-state index contributed by atoms with van der Waals surface area (Å²) in [4.78, 5) is 24.4. The maximum Gasteiger partial charge on any atom is 0.276 e. The van der Waals surface area contributed by atoms with Crippen LogP contribution in [0.3, 0.4) is 0 Å².